The Labute approximate surface area is 109 Å². The van der Waals surface area contributed by atoms with E-state index in [0.29, 0.717) is 0 Å². The van der Waals surface area contributed by atoms with E-state index in [9.17, 15) is 0 Å². The Balaban J connectivity index is 1.59. The van der Waals surface area contributed by atoms with Crippen LogP contribution in [0.5, 0.6) is 0 Å². The third-order valence-electron chi connectivity index (χ3n) is 3.03. The van der Waals surface area contributed by atoms with Crippen molar-refractivity contribution in [1.29, 1.82) is 0 Å². The average Bonchev–Trinajstić information content (AvgIpc) is 3.05. The fraction of sp³-hybridized carbons (Fsp3) is 0.600. The van der Waals surface area contributed by atoms with Crippen LogP contribution in [0.3, 0.4) is 0 Å². The summed E-state index contributed by atoms with van der Waals surface area (Å²) in [7, 11) is 0. The fourth-order valence-corrected chi connectivity index (χ4v) is 3.01. The molecule has 1 fully saturated rings. The first-order valence-electron chi connectivity index (χ1n) is 6.62. The van der Waals surface area contributed by atoms with Crippen molar-refractivity contribution in [3.8, 4) is 0 Å². The molecule has 0 aromatic heterocycles. The molecule has 2 heteroatoms. The van der Waals surface area contributed by atoms with Crippen molar-refractivity contribution >= 4 is 11.8 Å². The van der Waals surface area contributed by atoms with Crippen molar-refractivity contribution in [2.24, 2.45) is 0 Å². The van der Waals surface area contributed by atoms with Crippen molar-refractivity contribution in [2.45, 2.75) is 44.9 Å². The number of rotatable bonds is 7. The van der Waals surface area contributed by atoms with Crippen molar-refractivity contribution in [2.75, 3.05) is 12.3 Å². The van der Waals surface area contributed by atoms with Gasteiger partial charge in [-0.3, -0.25) is 0 Å². The highest BCUT2D eigenvalue weighted by Crippen LogP contribution is 2.19. The molecule has 0 aliphatic heterocycles. The molecule has 1 aromatic rings. The lowest BCUT2D eigenvalue weighted by Gasteiger charge is -2.05. The topological polar surface area (TPSA) is 12.0 Å². The van der Waals surface area contributed by atoms with E-state index in [1.165, 1.54) is 48.3 Å². The predicted molar refractivity (Wildman–Crippen MR) is 77.7 cm³/mol. The summed E-state index contributed by atoms with van der Waals surface area (Å²) < 4.78 is 0. The van der Waals surface area contributed by atoms with E-state index in [-0.39, 0.29) is 0 Å². The van der Waals surface area contributed by atoms with Crippen LogP contribution in [0.25, 0.3) is 0 Å². The van der Waals surface area contributed by atoms with Gasteiger partial charge in [-0.1, -0.05) is 29.3 Å². The molecule has 1 saturated carbocycles. The van der Waals surface area contributed by atoms with Gasteiger partial charge in [0.15, 0.2) is 0 Å². The maximum atomic E-state index is 3.56. The lowest BCUT2D eigenvalue weighted by Crippen LogP contribution is -2.17. The SMILES string of the molecule is Cc1cc(C)cc(CSCCCNC2CC2)c1. The van der Waals surface area contributed by atoms with E-state index < -0.39 is 0 Å². The molecular weight excluding hydrogens is 226 g/mol. The monoisotopic (exact) mass is 249 g/mol. The molecule has 1 N–H and O–H groups in total. The summed E-state index contributed by atoms with van der Waals surface area (Å²) in [6, 6.07) is 7.72. The number of thioether (sulfide) groups is 1. The molecule has 0 amide bonds. The van der Waals surface area contributed by atoms with Gasteiger partial charge in [0, 0.05) is 11.8 Å². The number of benzene rings is 1. The highest BCUT2D eigenvalue weighted by Gasteiger charge is 2.19. The Hall–Kier alpha value is -0.470. The normalized spacial score (nSPS) is 15.2. The van der Waals surface area contributed by atoms with Crippen LogP contribution in [-0.4, -0.2) is 18.3 Å². The molecule has 0 bridgehead atoms. The van der Waals surface area contributed by atoms with Gasteiger partial charge in [-0.2, -0.15) is 11.8 Å². The van der Waals surface area contributed by atoms with Crippen LogP contribution >= 0.6 is 11.8 Å². The van der Waals surface area contributed by atoms with Crippen LogP contribution in [0.15, 0.2) is 18.2 Å². The summed E-state index contributed by atoms with van der Waals surface area (Å²) in [6.07, 6.45) is 4.09. The highest BCUT2D eigenvalue weighted by atomic mass is 32.2. The van der Waals surface area contributed by atoms with E-state index in [0.717, 1.165) is 11.8 Å². The third kappa shape index (κ3) is 5.13. The van der Waals surface area contributed by atoms with Crippen molar-refractivity contribution in [1.82, 2.24) is 5.32 Å². The van der Waals surface area contributed by atoms with Gasteiger partial charge in [0.2, 0.25) is 0 Å². The molecule has 1 aliphatic carbocycles. The summed E-state index contributed by atoms with van der Waals surface area (Å²) in [4.78, 5) is 0. The van der Waals surface area contributed by atoms with E-state index in [2.05, 4.69) is 49.1 Å². The zero-order valence-corrected chi connectivity index (χ0v) is 11.8. The molecule has 0 radical (unpaired) electrons. The summed E-state index contributed by atoms with van der Waals surface area (Å²) in [5.74, 6) is 2.43. The van der Waals surface area contributed by atoms with Gasteiger partial charge < -0.3 is 5.32 Å². The Morgan fingerprint density at radius 2 is 1.88 bits per heavy atom. The molecule has 2 rings (SSSR count). The van der Waals surface area contributed by atoms with Crippen LogP contribution in [0, 0.1) is 13.8 Å². The summed E-state index contributed by atoms with van der Waals surface area (Å²) >= 11 is 2.06. The average molecular weight is 249 g/mol. The summed E-state index contributed by atoms with van der Waals surface area (Å²) in [5.41, 5.74) is 4.25. The first-order valence-corrected chi connectivity index (χ1v) is 7.78. The summed E-state index contributed by atoms with van der Waals surface area (Å²) in [5, 5.41) is 3.56. The third-order valence-corrected chi connectivity index (χ3v) is 4.14. The minimum absolute atomic E-state index is 0.861. The van der Waals surface area contributed by atoms with Gasteiger partial charge in [0.1, 0.15) is 0 Å². The zero-order chi connectivity index (χ0) is 12.1. The first kappa shape index (κ1) is 13.0. The fourth-order valence-electron chi connectivity index (χ4n) is 2.11. The second-order valence-corrected chi connectivity index (χ2v) is 6.24. The predicted octanol–water partition coefficient (Wildman–Crippen LogP) is 3.68. The van der Waals surface area contributed by atoms with Gasteiger partial charge >= 0.3 is 0 Å². The molecule has 0 unspecified atom stereocenters. The quantitative estimate of drug-likeness (QED) is 0.740. The Bertz CT molecular complexity index is 338. The number of nitrogens with one attached hydrogen (secondary N) is 1. The summed E-state index contributed by atoms with van der Waals surface area (Å²) in [6.45, 7) is 5.56. The minimum Gasteiger partial charge on any atom is -0.314 e. The second-order valence-electron chi connectivity index (χ2n) is 5.13. The van der Waals surface area contributed by atoms with Gasteiger partial charge in [0.05, 0.1) is 0 Å². The number of hydrogen-bond acceptors (Lipinski definition) is 2. The van der Waals surface area contributed by atoms with Gasteiger partial charge in [0.25, 0.3) is 0 Å². The van der Waals surface area contributed by atoms with Gasteiger partial charge in [-0.15, -0.1) is 0 Å². The van der Waals surface area contributed by atoms with E-state index >= 15 is 0 Å². The lowest BCUT2D eigenvalue weighted by molar-refractivity contribution is 0.674. The Morgan fingerprint density at radius 3 is 2.53 bits per heavy atom. The molecule has 1 aromatic carbocycles. The van der Waals surface area contributed by atoms with Crippen molar-refractivity contribution in [3.63, 3.8) is 0 Å². The van der Waals surface area contributed by atoms with Crippen LogP contribution in [0.1, 0.15) is 36.0 Å². The van der Waals surface area contributed by atoms with Crippen LogP contribution < -0.4 is 5.32 Å². The van der Waals surface area contributed by atoms with Crippen molar-refractivity contribution < 1.29 is 0 Å². The highest BCUT2D eigenvalue weighted by molar-refractivity contribution is 7.98. The zero-order valence-electron chi connectivity index (χ0n) is 11.0. The molecule has 0 saturated heterocycles. The first-order chi connectivity index (χ1) is 8.24. The number of hydrogen-bond donors (Lipinski definition) is 1. The van der Waals surface area contributed by atoms with E-state index in [1.54, 1.807) is 0 Å². The van der Waals surface area contributed by atoms with Crippen molar-refractivity contribution in [3.05, 3.63) is 34.9 Å². The smallest absolute Gasteiger partial charge is 0.0184 e. The molecule has 1 aliphatic rings. The Morgan fingerprint density at radius 1 is 1.18 bits per heavy atom. The Kier molecular flexibility index (Phi) is 4.93. The van der Waals surface area contributed by atoms with E-state index in [4.69, 9.17) is 0 Å². The van der Waals surface area contributed by atoms with Gasteiger partial charge in [-0.05, 0) is 51.0 Å². The van der Waals surface area contributed by atoms with E-state index in [1.807, 2.05) is 0 Å². The molecule has 0 atom stereocenters. The molecule has 17 heavy (non-hydrogen) atoms. The lowest BCUT2D eigenvalue weighted by atomic mass is 10.1. The standard InChI is InChI=1S/C15H23NS/c1-12-8-13(2)10-14(9-12)11-17-7-3-6-16-15-4-5-15/h8-10,15-16H,3-7,11H2,1-2H3. The molecule has 1 nitrogen and oxygen atoms in total. The molecule has 0 heterocycles. The number of aryl methyl sites for hydroxylation is 2. The maximum Gasteiger partial charge on any atom is 0.0184 e. The molecule has 0 spiro atoms. The van der Waals surface area contributed by atoms with Crippen LogP contribution in [0.2, 0.25) is 0 Å². The van der Waals surface area contributed by atoms with Crippen LogP contribution in [0.4, 0.5) is 0 Å². The molecular formula is C15H23NS. The second kappa shape index (κ2) is 6.46. The molecule has 94 valence electrons. The van der Waals surface area contributed by atoms with Gasteiger partial charge in [-0.25, -0.2) is 0 Å². The minimum atomic E-state index is 0.861. The largest absolute Gasteiger partial charge is 0.314 e. The van der Waals surface area contributed by atoms with Crippen LogP contribution in [-0.2, 0) is 5.75 Å². The maximum absolute atomic E-state index is 3.56.